The number of aromatic nitrogens is 4. The average molecular weight is 391 g/mol. The van der Waals surface area contributed by atoms with E-state index in [0.717, 1.165) is 17.5 Å². The zero-order valence-corrected chi connectivity index (χ0v) is 16.0. The van der Waals surface area contributed by atoms with Gasteiger partial charge in [-0.3, -0.25) is 4.79 Å². The van der Waals surface area contributed by atoms with Gasteiger partial charge in [0.2, 0.25) is 5.95 Å². The Morgan fingerprint density at radius 2 is 1.89 bits per heavy atom. The molecule has 0 aliphatic carbocycles. The first kappa shape index (κ1) is 20.3. The van der Waals surface area contributed by atoms with Crippen molar-refractivity contribution in [3.05, 3.63) is 42.4 Å². The number of sulfone groups is 1. The molecule has 0 spiro atoms. The number of anilines is 1. The lowest BCUT2D eigenvalue weighted by molar-refractivity contribution is -0.122. The second-order valence-electron chi connectivity index (χ2n) is 5.81. The summed E-state index contributed by atoms with van der Waals surface area (Å²) in [4.78, 5) is 21.6. The van der Waals surface area contributed by atoms with E-state index in [0.29, 0.717) is 16.5 Å². The van der Waals surface area contributed by atoms with Crippen molar-refractivity contribution in [1.29, 1.82) is 0 Å². The molecular formula is C17H21N5O4S. The molecule has 3 aromatic rings. The van der Waals surface area contributed by atoms with Gasteiger partial charge in [-0.25, -0.2) is 18.4 Å². The van der Waals surface area contributed by atoms with Crippen LogP contribution in [0.1, 0.15) is 24.9 Å². The van der Waals surface area contributed by atoms with Crippen LogP contribution in [0.5, 0.6) is 0 Å². The molecule has 0 saturated carbocycles. The van der Waals surface area contributed by atoms with Gasteiger partial charge in [0.25, 0.3) is 6.47 Å². The van der Waals surface area contributed by atoms with Crippen LogP contribution in [-0.2, 0) is 21.7 Å². The van der Waals surface area contributed by atoms with Crippen LogP contribution in [0.2, 0.25) is 0 Å². The molecule has 10 heteroatoms. The number of hydrogen-bond donors (Lipinski definition) is 2. The smallest absolute Gasteiger partial charge is 0.290 e. The highest BCUT2D eigenvalue weighted by atomic mass is 32.2. The number of imidazole rings is 1. The molecule has 1 unspecified atom stereocenters. The lowest BCUT2D eigenvalue weighted by Gasteiger charge is -2.17. The summed E-state index contributed by atoms with van der Waals surface area (Å²) in [6.07, 6.45) is 5.44. The quantitative estimate of drug-likeness (QED) is 0.633. The fourth-order valence-corrected chi connectivity index (χ4v) is 3.14. The van der Waals surface area contributed by atoms with E-state index < -0.39 is 9.84 Å². The highest BCUT2D eigenvalue weighted by Gasteiger charge is 2.14. The summed E-state index contributed by atoms with van der Waals surface area (Å²) >= 11 is 0. The van der Waals surface area contributed by atoms with Crippen molar-refractivity contribution in [3.8, 4) is 0 Å². The topological polar surface area (TPSA) is 127 Å². The maximum Gasteiger partial charge on any atom is 0.290 e. The van der Waals surface area contributed by atoms with Gasteiger partial charge in [-0.2, -0.15) is 4.98 Å². The van der Waals surface area contributed by atoms with E-state index >= 15 is 0 Å². The summed E-state index contributed by atoms with van der Waals surface area (Å²) in [5.41, 5.74) is 2.48. The number of fused-ring (bicyclic) bond motifs is 1. The van der Waals surface area contributed by atoms with Gasteiger partial charge in [-0.1, -0.05) is 19.1 Å². The molecular weight excluding hydrogens is 370 g/mol. The van der Waals surface area contributed by atoms with E-state index in [1.165, 1.54) is 6.26 Å². The molecule has 2 aromatic heterocycles. The largest absolute Gasteiger partial charge is 0.483 e. The molecule has 0 bridgehead atoms. The third-order valence-corrected chi connectivity index (χ3v) is 5.03. The first-order chi connectivity index (χ1) is 12.8. The molecule has 0 aliphatic rings. The lowest BCUT2D eigenvalue weighted by atomic mass is 10.1. The molecule has 1 aromatic carbocycles. The van der Waals surface area contributed by atoms with E-state index in [1.54, 1.807) is 24.7 Å². The van der Waals surface area contributed by atoms with Crippen LogP contribution >= 0.6 is 0 Å². The van der Waals surface area contributed by atoms with Crippen LogP contribution in [0.3, 0.4) is 0 Å². The number of nitrogens with zero attached hydrogens (tertiary/aromatic N) is 4. The third-order valence-electron chi connectivity index (χ3n) is 3.91. The van der Waals surface area contributed by atoms with Crippen LogP contribution in [0, 0.1) is 0 Å². The van der Waals surface area contributed by atoms with Crippen molar-refractivity contribution >= 4 is 33.4 Å². The van der Waals surface area contributed by atoms with E-state index in [4.69, 9.17) is 9.90 Å². The first-order valence-corrected chi connectivity index (χ1v) is 9.97. The van der Waals surface area contributed by atoms with Crippen LogP contribution < -0.4 is 5.32 Å². The van der Waals surface area contributed by atoms with E-state index in [-0.39, 0.29) is 12.5 Å². The molecule has 0 aliphatic heterocycles. The predicted octanol–water partition coefficient (Wildman–Crippen LogP) is 2.03. The van der Waals surface area contributed by atoms with E-state index in [9.17, 15) is 8.42 Å². The van der Waals surface area contributed by atoms with Gasteiger partial charge < -0.3 is 15.0 Å². The molecule has 0 radical (unpaired) electrons. The number of carboxylic acid groups (broad SMARTS) is 1. The molecule has 2 heterocycles. The Hall–Kier alpha value is -3.01. The van der Waals surface area contributed by atoms with Crippen LogP contribution in [0.25, 0.3) is 11.2 Å². The Bertz CT molecular complexity index is 1020. The summed E-state index contributed by atoms with van der Waals surface area (Å²) in [6.45, 7) is 1.79. The SMILES string of the molecule is CCC(Nc1ncc2c(ncn2C)n1)c1ccc(S(C)(=O)=O)cc1.O=CO. The highest BCUT2D eigenvalue weighted by molar-refractivity contribution is 7.90. The molecule has 144 valence electrons. The van der Waals surface area contributed by atoms with Gasteiger partial charge in [-0.15, -0.1) is 0 Å². The molecule has 0 amide bonds. The van der Waals surface area contributed by atoms with Gasteiger partial charge in [-0.05, 0) is 24.1 Å². The van der Waals surface area contributed by atoms with Crippen molar-refractivity contribution in [1.82, 2.24) is 19.5 Å². The van der Waals surface area contributed by atoms with Crippen molar-refractivity contribution in [2.24, 2.45) is 7.05 Å². The molecule has 1 atom stereocenters. The normalized spacial score (nSPS) is 12.1. The van der Waals surface area contributed by atoms with Crippen LogP contribution in [-0.4, -0.2) is 45.8 Å². The number of nitrogens with one attached hydrogen (secondary N) is 1. The van der Waals surface area contributed by atoms with Crippen molar-refractivity contribution < 1.29 is 18.3 Å². The number of carbonyl (C=O) groups is 1. The number of benzene rings is 1. The van der Waals surface area contributed by atoms with Gasteiger partial charge in [0, 0.05) is 13.3 Å². The molecule has 0 fully saturated rings. The second kappa shape index (κ2) is 8.58. The number of hydrogen-bond acceptors (Lipinski definition) is 7. The summed E-state index contributed by atoms with van der Waals surface area (Å²) in [5, 5.41) is 10.2. The van der Waals surface area contributed by atoms with Gasteiger partial charge >= 0.3 is 0 Å². The minimum Gasteiger partial charge on any atom is -0.483 e. The predicted molar refractivity (Wildman–Crippen MR) is 101 cm³/mol. The van der Waals surface area contributed by atoms with Gasteiger partial charge in [0.05, 0.1) is 23.5 Å². The van der Waals surface area contributed by atoms with E-state index in [1.807, 2.05) is 30.7 Å². The molecule has 27 heavy (non-hydrogen) atoms. The van der Waals surface area contributed by atoms with Crippen LogP contribution in [0.4, 0.5) is 5.95 Å². The van der Waals surface area contributed by atoms with E-state index in [2.05, 4.69) is 20.3 Å². The molecule has 3 rings (SSSR count). The summed E-state index contributed by atoms with van der Waals surface area (Å²) in [6, 6.07) is 6.86. The van der Waals surface area contributed by atoms with Gasteiger partial charge in [0.1, 0.15) is 5.52 Å². The van der Waals surface area contributed by atoms with Crippen molar-refractivity contribution in [2.75, 3.05) is 11.6 Å². The maximum absolute atomic E-state index is 11.6. The summed E-state index contributed by atoms with van der Waals surface area (Å²) in [7, 11) is -1.30. The highest BCUT2D eigenvalue weighted by Crippen LogP contribution is 2.23. The average Bonchev–Trinajstić information content (AvgIpc) is 3.00. The monoisotopic (exact) mass is 391 g/mol. The summed E-state index contributed by atoms with van der Waals surface area (Å²) < 4.78 is 25.0. The standard InChI is InChI=1S/C16H19N5O2S.CH2O2/c1-4-13(11-5-7-12(8-6-11)24(3,22)23)19-16-17-9-14-15(20-16)18-10-21(14)2;2-1-3/h5-10,13H,4H2,1-3H3,(H,17,19,20);1H,(H,2,3). The Morgan fingerprint density at radius 1 is 1.26 bits per heavy atom. The Morgan fingerprint density at radius 3 is 2.44 bits per heavy atom. The van der Waals surface area contributed by atoms with Crippen molar-refractivity contribution in [2.45, 2.75) is 24.3 Å². The summed E-state index contributed by atoms with van der Waals surface area (Å²) in [5.74, 6) is 0.500. The van der Waals surface area contributed by atoms with Gasteiger partial charge in [0.15, 0.2) is 15.5 Å². The Kier molecular flexibility index (Phi) is 6.45. The lowest BCUT2D eigenvalue weighted by Crippen LogP contribution is -2.12. The zero-order chi connectivity index (χ0) is 20.0. The second-order valence-corrected chi connectivity index (χ2v) is 7.83. The molecule has 0 saturated heterocycles. The number of aryl methyl sites for hydroxylation is 1. The minimum atomic E-state index is -3.19. The Labute approximate surface area is 157 Å². The van der Waals surface area contributed by atoms with Crippen molar-refractivity contribution in [3.63, 3.8) is 0 Å². The first-order valence-electron chi connectivity index (χ1n) is 8.08. The zero-order valence-electron chi connectivity index (χ0n) is 15.2. The van der Waals surface area contributed by atoms with Crippen LogP contribution in [0.15, 0.2) is 41.7 Å². The maximum atomic E-state index is 11.6. The minimum absolute atomic E-state index is 0.0141. The molecule has 9 nitrogen and oxygen atoms in total. The molecule has 2 N–H and O–H groups in total. The third kappa shape index (κ3) is 5.00. The fraction of sp³-hybridized carbons (Fsp3) is 0.294. The number of rotatable bonds is 5. The fourth-order valence-electron chi connectivity index (χ4n) is 2.51. The Balaban J connectivity index is 0.000000817.